The summed E-state index contributed by atoms with van der Waals surface area (Å²) >= 11 is 2.96. The van der Waals surface area contributed by atoms with Crippen LogP contribution in [-0.4, -0.2) is 26.2 Å². The molecular formula is C29H18BrF6N3O5. The summed E-state index contributed by atoms with van der Waals surface area (Å²) in [5.74, 6) is -10.6. The van der Waals surface area contributed by atoms with E-state index in [0.29, 0.717) is 10.5 Å². The Morgan fingerprint density at radius 1 is 0.955 bits per heavy atom. The standard InChI is InChI=1S/C29H18BrF6N3O5/c1-42-27(40)23-22(13-6-4-3-5-7-13)15(12-37)26(38)39(24(23)28(41)43-2)20-11-21(16(30)10-17(20)31)44-25-18(32)8-14(9-19(25)33)29(34,35)36/h3-11,22H,38H2,1-2H3. The van der Waals surface area contributed by atoms with E-state index in [1.807, 2.05) is 6.07 Å². The number of alkyl halides is 3. The summed E-state index contributed by atoms with van der Waals surface area (Å²) in [4.78, 5) is 27.1. The van der Waals surface area contributed by atoms with Crippen LogP contribution in [0.2, 0.25) is 0 Å². The minimum atomic E-state index is -5.06. The van der Waals surface area contributed by atoms with Crippen LogP contribution >= 0.6 is 15.9 Å². The maximum atomic E-state index is 15.6. The van der Waals surface area contributed by atoms with E-state index in [-0.39, 0.29) is 22.2 Å². The van der Waals surface area contributed by atoms with Crippen LogP contribution in [0.3, 0.4) is 0 Å². The van der Waals surface area contributed by atoms with Crippen LogP contribution < -0.4 is 15.4 Å². The number of nitrogens with two attached hydrogens (primary N) is 1. The molecule has 228 valence electrons. The van der Waals surface area contributed by atoms with Crippen molar-refractivity contribution in [2.24, 2.45) is 5.73 Å². The van der Waals surface area contributed by atoms with Gasteiger partial charge in [-0.25, -0.2) is 22.8 Å². The van der Waals surface area contributed by atoms with Gasteiger partial charge in [-0.3, -0.25) is 4.90 Å². The number of nitrogens with zero attached hydrogens (tertiary/aromatic N) is 2. The SMILES string of the molecule is COC(=O)C1=C(C(=O)OC)N(c2cc(Oc3c(F)cc(C(F)(F)F)cc3F)c(Br)cc2F)C(N)=C(C#N)C1c1ccccc1. The summed E-state index contributed by atoms with van der Waals surface area (Å²) < 4.78 is 98.6. The highest BCUT2D eigenvalue weighted by atomic mass is 79.9. The number of methoxy groups -OCH3 is 2. The van der Waals surface area contributed by atoms with Gasteiger partial charge in [-0.15, -0.1) is 0 Å². The van der Waals surface area contributed by atoms with Crippen molar-refractivity contribution in [2.45, 2.75) is 12.1 Å². The van der Waals surface area contributed by atoms with Crippen molar-refractivity contribution >= 4 is 33.6 Å². The lowest BCUT2D eigenvalue weighted by atomic mass is 9.81. The molecule has 3 aromatic rings. The molecule has 8 nitrogen and oxygen atoms in total. The maximum Gasteiger partial charge on any atom is 0.416 e. The zero-order valence-corrected chi connectivity index (χ0v) is 24.0. The average molecular weight is 682 g/mol. The molecule has 0 aromatic heterocycles. The molecule has 0 amide bonds. The van der Waals surface area contributed by atoms with Crippen LogP contribution in [0.1, 0.15) is 17.0 Å². The van der Waals surface area contributed by atoms with Crippen LogP contribution in [0.25, 0.3) is 0 Å². The van der Waals surface area contributed by atoms with Gasteiger partial charge in [0.1, 0.15) is 23.1 Å². The molecule has 2 N–H and O–H groups in total. The molecule has 0 bridgehead atoms. The molecule has 0 fully saturated rings. The Balaban J connectivity index is 1.98. The average Bonchev–Trinajstić information content (AvgIpc) is 2.98. The minimum absolute atomic E-state index is 0.00572. The van der Waals surface area contributed by atoms with Gasteiger partial charge in [0.15, 0.2) is 17.4 Å². The first-order valence-electron chi connectivity index (χ1n) is 12.1. The molecule has 0 spiro atoms. The molecular weight excluding hydrogens is 664 g/mol. The lowest BCUT2D eigenvalue weighted by molar-refractivity contribution is -0.139. The van der Waals surface area contributed by atoms with Crippen LogP contribution in [0.5, 0.6) is 11.5 Å². The number of allylic oxidation sites excluding steroid dienone is 1. The van der Waals surface area contributed by atoms with E-state index in [4.69, 9.17) is 19.9 Å². The fourth-order valence-electron chi connectivity index (χ4n) is 4.46. The third-order valence-corrected chi connectivity index (χ3v) is 7.01. The smallest absolute Gasteiger partial charge is 0.416 e. The Kier molecular flexibility index (Phi) is 8.96. The number of carbonyl (C=O) groups is 2. The number of hydrogen-bond acceptors (Lipinski definition) is 8. The largest absolute Gasteiger partial charge is 0.466 e. The molecule has 3 aromatic carbocycles. The van der Waals surface area contributed by atoms with E-state index in [1.165, 1.54) is 0 Å². The van der Waals surface area contributed by atoms with Crippen molar-refractivity contribution in [1.29, 1.82) is 5.26 Å². The van der Waals surface area contributed by atoms with Crippen molar-refractivity contribution in [3.8, 4) is 17.6 Å². The van der Waals surface area contributed by atoms with Crippen LogP contribution in [0.4, 0.5) is 32.0 Å². The molecule has 0 radical (unpaired) electrons. The van der Waals surface area contributed by atoms with Crippen LogP contribution in [0, 0.1) is 28.8 Å². The molecule has 1 heterocycles. The minimum Gasteiger partial charge on any atom is -0.466 e. The van der Waals surface area contributed by atoms with E-state index in [9.17, 15) is 36.8 Å². The lowest BCUT2D eigenvalue weighted by Crippen LogP contribution is -2.41. The van der Waals surface area contributed by atoms with Gasteiger partial charge in [0.05, 0.1) is 53.1 Å². The van der Waals surface area contributed by atoms with E-state index < -0.39 is 81.3 Å². The number of carbonyl (C=O) groups excluding carboxylic acids is 2. The fourth-order valence-corrected chi connectivity index (χ4v) is 4.86. The number of ether oxygens (including phenoxy) is 3. The van der Waals surface area contributed by atoms with E-state index in [0.717, 1.165) is 26.4 Å². The lowest BCUT2D eigenvalue weighted by Gasteiger charge is -2.36. The number of nitriles is 1. The summed E-state index contributed by atoms with van der Waals surface area (Å²) in [5.41, 5.74) is 2.95. The summed E-state index contributed by atoms with van der Waals surface area (Å²) in [6.45, 7) is 0. The topological polar surface area (TPSA) is 115 Å². The first-order valence-corrected chi connectivity index (χ1v) is 12.9. The summed E-state index contributed by atoms with van der Waals surface area (Å²) in [6.07, 6.45) is -5.06. The Morgan fingerprint density at radius 2 is 1.55 bits per heavy atom. The Hall–Kier alpha value is -4.97. The van der Waals surface area contributed by atoms with Gasteiger partial charge < -0.3 is 19.9 Å². The van der Waals surface area contributed by atoms with E-state index in [2.05, 4.69) is 15.9 Å². The van der Waals surface area contributed by atoms with Crippen molar-refractivity contribution < 1.29 is 50.1 Å². The highest BCUT2D eigenvalue weighted by Crippen LogP contribution is 2.46. The van der Waals surface area contributed by atoms with Gasteiger partial charge in [0.25, 0.3) is 0 Å². The highest BCUT2D eigenvalue weighted by Gasteiger charge is 2.44. The Bertz CT molecular complexity index is 1750. The quantitative estimate of drug-likeness (QED) is 0.229. The van der Waals surface area contributed by atoms with E-state index in [1.54, 1.807) is 30.3 Å². The third kappa shape index (κ3) is 5.80. The molecule has 15 heteroatoms. The fraction of sp³-hybridized carbons (Fsp3) is 0.138. The molecule has 44 heavy (non-hydrogen) atoms. The second kappa shape index (κ2) is 12.3. The van der Waals surface area contributed by atoms with Gasteiger partial charge in [-0.2, -0.15) is 18.4 Å². The predicted molar refractivity (Wildman–Crippen MR) is 145 cm³/mol. The predicted octanol–water partition coefficient (Wildman–Crippen LogP) is 6.58. The molecule has 1 aliphatic heterocycles. The molecule has 4 rings (SSSR count). The number of halogens is 7. The second-order valence-corrected chi connectivity index (χ2v) is 9.79. The molecule has 1 unspecified atom stereocenters. The van der Waals surface area contributed by atoms with Crippen molar-refractivity contribution in [3.63, 3.8) is 0 Å². The molecule has 0 saturated carbocycles. The monoisotopic (exact) mass is 681 g/mol. The van der Waals surface area contributed by atoms with Crippen molar-refractivity contribution in [3.05, 3.63) is 110 Å². The molecule has 0 aliphatic carbocycles. The maximum absolute atomic E-state index is 15.6. The third-order valence-electron chi connectivity index (χ3n) is 6.39. The molecule has 0 saturated heterocycles. The number of benzene rings is 3. The number of rotatable bonds is 6. The van der Waals surface area contributed by atoms with Crippen molar-refractivity contribution in [1.82, 2.24) is 0 Å². The number of esters is 2. The van der Waals surface area contributed by atoms with Crippen LogP contribution in [0.15, 0.2) is 81.7 Å². The Morgan fingerprint density at radius 3 is 2.07 bits per heavy atom. The summed E-state index contributed by atoms with van der Waals surface area (Å²) in [6, 6.07) is 11.3. The van der Waals surface area contributed by atoms with Gasteiger partial charge in [0, 0.05) is 6.07 Å². The summed E-state index contributed by atoms with van der Waals surface area (Å²) in [5, 5.41) is 10.1. The number of anilines is 1. The summed E-state index contributed by atoms with van der Waals surface area (Å²) in [7, 11) is 1.96. The molecule has 1 atom stereocenters. The van der Waals surface area contributed by atoms with Crippen molar-refractivity contribution in [2.75, 3.05) is 19.1 Å². The van der Waals surface area contributed by atoms with Gasteiger partial charge >= 0.3 is 18.1 Å². The number of hydrogen-bond donors (Lipinski definition) is 1. The van der Waals surface area contributed by atoms with Gasteiger partial charge in [-0.05, 0) is 39.7 Å². The highest BCUT2D eigenvalue weighted by molar-refractivity contribution is 9.10. The second-order valence-electron chi connectivity index (χ2n) is 8.94. The first kappa shape index (κ1) is 32.0. The zero-order chi connectivity index (χ0) is 32.5. The molecule has 1 aliphatic rings. The zero-order valence-electron chi connectivity index (χ0n) is 22.4. The normalized spacial score (nSPS) is 15.2. The van der Waals surface area contributed by atoms with Gasteiger partial charge in [-0.1, -0.05) is 30.3 Å². The van der Waals surface area contributed by atoms with E-state index >= 15 is 4.39 Å². The Labute approximate surface area is 253 Å². The first-order chi connectivity index (χ1) is 20.7. The van der Waals surface area contributed by atoms with Gasteiger partial charge in [0.2, 0.25) is 0 Å². The van der Waals surface area contributed by atoms with Crippen LogP contribution in [-0.2, 0) is 25.2 Å².